The van der Waals surface area contributed by atoms with Crippen LogP contribution in [-0.2, 0) is 13.2 Å². The van der Waals surface area contributed by atoms with Crippen molar-refractivity contribution in [1.82, 2.24) is 5.32 Å². The predicted octanol–water partition coefficient (Wildman–Crippen LogP) is 5.40. The first-order chi connectivity index (χ1) is 13.3. The van der Waals surface area contributed by atoms with Crippen LogP contribution in [0.25, 0.3) is 10.8 Å². The third-order valence-corrected chi connectivity index (χ3v) is 4.83. The summed E-state index contributed by atoms with van der Waals surface area (Å²) >= 11 is 0. The molecule has 0 saturated carbocycles. The summed E-state index contributed by atoms with van der Waals surface area (Å²) < 4.78 is 6.19. The first kappa shape index (κ1) is 22.2. The van der Waals surface area contributed by atoms with E-state index < -0.39 is 0 Å². The molecule has 150 valence electrons. The first-order valence-electron chi connectivity index (χ1n) is 9.78. The van der Waals surface area contributed by atoms with Crippen LogP contribution in [0.3, 0.4) is 0 Å². The third-order valence-electron chi connectivity index (χ3n) is 4.83. The maximum absolute atomic E-state index is 8.89. The van der Waals surface area contributed by atoms with Crippen LogP contribution in [0.4, 0.5) is 0 Å². The number of aliphatic hydroxyl groups excluding tert-OH is 1. The van der Waals surface area contributed by atoms with Gasteiger partial charge in [0.15, 0.2) is 0 Å². The van der Waals surface area contributed by atoms with Crippen LogP contribution < -0.4 is 10.1 Å². The van der Waals surface area contributed by atoms with Crippen LogP contribution >= 0.6 is 12.4 Å². The predicted molar refractivity (Wildman–Crippen MR) is 119 cm³/mol. The topological polar surface area (TPSA) is 41.5 Å². The summed E-state index contributed by atoms with van der Waals surface area (Å²) in [4.78, 5) is 0. The molecule has 3 rings (SSSR count). The molecule has 28 heavy (non-hydrogen) atoms. The van der Waals surface area contributed by atoms with Crippen molar-refractivity contribution in [3.63, 3.8) is 0 Å². The Morgan fingerprint density at radius 2 is 1.68 bits per heavy atom. The van der Waals surface area contributed by atoms with Gasteiger partial charge in [-0.25, -0.2) is 0 Å². The monoisotopic (exact) mass is 399 g/mol. The molecular weight excluding hydrogens is 370 g/mol. The second-order valence-electron chi connectivity index (χ2n) is 7.00. The first-order valence-corrected chi connectivity index (χ1v) is 9.78. The van der Waals surface area contributed by atoms with Crippen molar-refractivity contribution in [2.24, 2.45) is 0 Å². The van der Waals surface area contributed by atoms with E-state index in [0.717, 1.165) is 38.1 Å². The van der Waals surface area contributed by atoms with E-state index in [-0.39, 0.29) is 19.0 Å². The summed E-state index contributed by atoms with van der Waals surface area (Å²) in [5.41, 5.74) is 3.65. The fraction of sp³-hybridized carbons (Fsp3) is 0.333. The van der Waals surface area contributed by atoms with Crippen LogP contribution in [-0.4, -0.2) is 18.3 Å². The number of benzene rings is 3. The molecule has 0 amide bonds. The minimum atomic E-state index is 0. The lowest BCUT2D eigenvalue weighted by atomic mass is 10.0. The number of halogens is 1. The molecule has 0 aliphatic carbocycles. The number of aliphatic hydroxyl groups is 1. The molecule has 2 N–H and O–H groups in total. The Bertz CT molecular complexity index is 849. The molecule has 3 nitrogen and oxygen atoms in total. The molecule has 0 aliphatic heterocycles. The molecule has 3 aromatic rings. The molecule has 0 aromatic heterocycles. The molecule has 0 saturated heterocycles. The number of rotatable bonds is 10. The molecule has 0 heterocycles. The van der Waals surface area contributed by atoms with E-state index in [1.807, 2.05) is 0 Å². The van der Waals surface area contributed by atoms with E-state index in [0.29, 0.717) is 6.61 Å². The van der Waals surface area contributed by atoms with Gasteiger partial charge < -0.3 is 15.2 Å². The Balaban J connectivity index is 0.00000280. The normalized spacial score (nSPS) is 10.6. The number of aryl methyl sites for hydroxylation is 1. The van der Waals surface area contributed by atoms with Gasteiger partial charge in [-0.05, 0) is 55.1 Å². The second kappa shape index (κ2) is 11.7. The minimum Gasteiger partial charge on any atom is -0.489 e. The van der Waals surface area contributed by atoms with Gasteiger partial charge in [-0.15, -0.1) is 12.4 Å². The van der Waals surface area contributed by atoms with Gasteiger partial charge in [-0.1, -0.05) is 60.2 Å². The highest BCUT2D eigenvalue weighted by Crippen LogP contribution is 2.28. The Kier molecular flexibility index (Phi) is 9.29. The average Bonchev–Trinajstić information content (AvgIpc) is 2.70. The van der Waals surface area contributed by atoms with Crippen molar-refractivity contribution in [1.29, 1.82) is 0 Å². The van der Waals surface area contributed by atoms with E-state index in [2.05, 4.69) is 72.9 Å². The van der Waals surface area contributed by atoms with Gasteiger partial charge in [0.25, 0.3) is 0 Å². The van der Waals surface area contributed by atoms with Crippen molar-refractivity contribution >= 4 is 23.2 Å². The highest BCUT2D eigenvalue weighted by atomic mass is 35.5. The van der Waals surface area contributed by atoms with Gasteiger partial charge in [-0.3, -0.25) is 0 Å². The highest BCUT2D eigenvalue weighted by Gasteiger charge is 2.09. The fourth-order valence-electron chi connectivity index (χ4n) is 3.23. The molecule has 0 spiro atoms. The van der Waals surface area contributed by atoms with Crippen LogP contribution in [0.15, 0.2) is 60.7 Å². The third kappa shape index (κ3) is 6.23. The maximum Gasteiger partial charge on any atom is 0.124 e. The number of unbranched alkanes of at least 4 members (excludes halogenated alkanes) is 2. The Labute approximate surface area is 174 Å². The van der Waals surface area contributed by atoms with Crippen LogP contribution in [0.1, 0.15) is 36.0 Å². The van der Waals surface area contributed by atoms with Crippen molar-refractivity contribution in [2.75, 3.05) is 13.2 Å². The zero-order valence-electron chi connectivity index (χ0n) is 16.5. The smallest absolute Gasteiger partial charge is 0.124 e. The number of fused-ring (bicyclic) bond motifs is 1. The molecule has 0 unspecified atom stereocenters. The zero-order chi connectivity index (χ0) is 18.9. The van der Waals surface area contributed by atoms with Crippen molar-refractivity contribution in [2.45, 2.75) is 39.3 Å². The number of ether oxygens (including phenoxy) is 1. The largest absolute Gasteiger partial charge is 0.489 e. The Morgan fingerprint density at radius 3 is 2.46 bits per heavy atom. The fourth-order valence-corrected chi connectivity index (χ4v) is 3.23. The molecular formula is C24H30ClNO2. The molecule has 0 atom stereocenters. The molecule has 0 bridgehead atoms. The number of hydrogen-bond acceptors (Lipinski definition) is 3. The summed E-state index contributed by atoms with van der Waals surface area (Å²) in [5.74, 6) is 0.942. The van der Waals surface area contributed by atoms with E-state index in [1.54, 1.807) is 0 Å². The summed E-state index contributed by atoms with van der Waals surface area (Å²) in [6.45, 7) is 4.67. The second-order valence-corrected chi connectivity index (χ2v) is 7.00. The van der Waals surface area contributed by atoms with Gasteiger partial charge >= 0.3 is 0 Å². The number of nitrogens with one attached hydrogen (secondary N) is 1. The van der Waals surface area contributed by atoms with E-state index >= 15 is 0 Å². The van der Waals surface area contributed by atoms with Gasteiger partial charge in [0.05, 0.1) is 0 Å². The van der Waals surface area contributed by atoms with Crippen LogP contribution in [0.2, 0.25) is 0 Å². The van der Waals surface area contributed by atoms with Crippen molar-refractivity contribution in [3.05, 3.63) is 77.4 Å². The summed E-state index contributed by atoms with van der Waals surface area (Å²) in [6.07, 6.45) is 3.00. The van der Waals surface area contributed by atoms with Crippen molar-refractivity contribution in [3.8, 4) is 5.75 Å². The quantitative estimate of drug-likeness (QED) is 0.448. The highest BCUT2D eigenvalue weighted by molar-refractivity contribution is 5.87. The molecule has 0 radical (unpaired) electrons. The molecule has 0 aliphatic rings. The lowest BCUT2D eigenvalue weighted by Crippen LogP contribution is -2.16. The minimum absolute atomic E-state index is 0. The van der Waals surface area contributed by atoms with Crippen molar-refractivity contribution < 1.29 is 9.84 Å². The standard InChI is InChI=1S/C24H29NO2.ClH/c1-19-9-11-20(12-10-19)18-27-24-14-13-21-7-3-4-8-22(21)23(24)17-25-15-5-2-6-16-26;/h3-4,7-14,25-26H,2,5-6,15-18H2,1H3;1H. The Morgan fingerprint density at radius 1 is 0.893 bits per heavy atom. The lowest BCUT2D eigenvalue weighted by molar-refractivity contribution is 0.282. The van der Waals surface area contributed by atoms with E-state index in [1.165, 1.54) is 27.5 Å². The van der Waals surface area contributed by atoms with Gasteiger partial charge in [-0.2, -0.15) is 0 Å². The van der Waals surface area contributed by atoms with Gasteiger partial charge in [0.2, 0.25) is 0 Å². The summed E-state index contributed by atoms with van der Waals surface area (Å²) in [5, 5.41) is 14.9. The SMILES string of the molecule is Cc1ccc(COc2ccc3ccccc3c2CNCCCCCO)cc1.Cl. The van der Waals surface area contributed by atoms with E-state index in [9.17, 15) is 0 Å². The van der Waals surface area contributed by atoms with Gasteiger partial charge in [0, 0.05) is 18.7 Å². The maximum atomic E-state index is 8.89. The average molecular weight is 400 g/mol. The molecule has 0 fully saturated rings. The molecule has 4 heteroatoms. The van der Waals surface area contributed by atoms with Crippen LogP contribution in [0.5, 0.6) is 5.75 Å². The molecule has 3 aromatic carbocycles. The van der Waals surface area contributed by atoms with Crippen LogP contribution in [0, 0.1) is 6.92 Å². The number of hydrogen-bond donors (Lipinski definition) is 2. The van der Waals surface area contributed by atoms with Gasteiger partial charge in [0.1, 0.15) is 12.4 Å². The van der Waals surface area contributed by atoms with E-state index in [4.69, 9.17) is 9.84 Å². The lowest BCUT2D eigenvalue weighted by Gasteiger charge is -2.15. The summed E-state index contributed by atoms with van der Waals surface area (Å²) in [6, 6.07) is 21.1. The summed E-state index contributed by atoms with van der Waals surface area (Å²) in [7, 11) is 0. The Hall–Kier alpha value is -2.07. The zero-order valence-corrected chi connectivity index (χ0v) is 17.3.